The molecule has 25 heavy (non-hydrogen) atoms. The third-order valence-electron chi connectivity index (χ3n) is 4.02. The average molecular weight is 339 g/mol. The van der Waals surface area contributed by atoms with E-state index in [1.807, 2.05) is 20.8 Å². The van der Waals surface area contributed by atoms with Gasteiger partial charge in [-0.25, -0.2) is 13.6 Å². The zero-order valence-electron chi connectivity index (χ0n) is 14.2. The topological polar surface area (TPSA) is 61.2 Å². The highest BCUT2D eigenvalue weighted by molar-refractivity contribution is 5.57. The molecule has 0 fully saturated rings. The highest BCUT2D eigenvalue weighted by atomic mass is 19.2. The molecular formula is C19H15F2N3O. The van der Waals surface area contributed by atoms with Gasteiger partial charge in [-0.15, -0.1) is 0 Å². The molecule has 1 aliphatic rings. The summed E-state index contributed by atoms with van der Waals surface area (Å²) in [5, 5.41) is 18.3. The summed E-state index contributed by atoms with van der Waals surface area (Å²) in [4.78, 5) is 3.47. The summed E-state index contributed by atoms with van der Waals surface area (Å²) in [6, 6.07) is 6.80. The summed E-state index contributed by atoms with van der Waals surface area (Å²) in [7, 11) is 0. The van der Waals surface area contributed by atoms with Gasteiger partial charge in [0.25, 0.3) is 0 Å². The summed E-state index contributed by atoms with van der Waals surface area (Å²) < 4.78 is 33.0. The smallest absolute Gasteiger partial charge is 0.234 e. The van der Waals surface area contributed by atoms with Gasteiger partial charge in [-0.2, -0.15) is 10.5 Å². The van der Waals surface area contributed by atoms with Crippen LogP contribution in [0.25, 0.3) is 4.85 Å². The van der Waals surface area contributed by atoms with E-state index in [-0.39, 0.29) is 17.0 Å². The Balaban J connectivity index is 2.88. The van der Waals surface area contributed by atoms with Gasteiger partial charge < -0.3 is 4.74 Å². The number of nitriles is 2. The van der Waals surface area contributed by atoms with Crippen LogP contribution >= 0.6 is 0 Å². The van der Waals surface area contributed by atoms with E-state index in [0.29, 0.717) is 11.1 Å². The van der Waals surface area contributed by atoms with Crippen LogP contribution in [0.15, 0.2) is 40.8 Å². The summed E-state index contributed by atoms with van der Waals surface area (Å²) in [5.41, 5.74) is -1.38. The molecule has 1 unspecified atom stereocenters. The Morgan fingerprint density at radius 2 is 1.80 bits per heavy atom. The van der Waals surface area contributed by atoms with Gasteiger partial charge in [0.15, 0.2) is 23.0 Å². The number of nitrogens with zero attached hydrogens (tertiary/aromatic N) is 3. The highest BCUT2D eigenvalue weighted by Crippen LogP contribution is 2.53. The molecule has 1 aromatic carbocycles. The van der Waals surface area contributed by atoms with Crippen LogP contribution in [-0.2, 0) is 10.3 Å². The van der Waals surface area contributed by atoms with Crippen molar-refractivity contribution >= 4 is 0 Å². The van der Waals surface area contributed by atoms with E-state index in [4.69, 9.17) is 21.8 Å². The largest absolute Gasteiger partial charge is 0.489 e. The van der Waals surface area contributed by atoms with E-state index >= 15 is 0 Å². The molecule has 0 aliphatic carbocycles. The van der Waals surface area contributed by atoms with Crippen molar-refractivity contribution in [1.82, 2.24) is 0 Å². The van der Waals surface area contributed by atoms with Crippen molar-refractivity contribution in [2.24, 2.45) is 5.41 Å². The third-order valence-corrected chi connectivity index (χ3v) is 4.02. The standard InChI is InChI=1S/C19H15F2N3O/c1-18(2,3)17-15(24-5)16(11(9-22)10-23)25-19(17,4)12-6-7-13(20)14(21)8-12/h6-8H,1-4H3. The van der Waals surface area contributed by atoms with E-state index < -0.39 is 22.7 Å². The number of benzene rings is 1. The maximum absolute atomic E-state index is 13.8. The maximum atomic E-state index is 13.8. The molecule has 1 atom stereocenters. The molecule has 0 amide bonds. The number of allylic oxidation sites excluding steroid dienone is 1. The normalized spacial score (nSPS) is 19.7. The lowest BCUT2D eigenvalue weighted by Crippen LogP contribution is -2.31. The quantitative estimate of drug-likeness (QED) is 0.549. The van der Waals surface area contributed by atoms with Crippen molar-refractivity contribution in [1.29, 1.82) is 10.5 Å². The molecule has 0 saturated heterocycles. The van der Waals surface area contributed by atoms with Gasteiger partial charge >= 0.3 is 0 Å². The first kappa shape index (κ1) is 18.2. The molecule has 4 nitrogen and oxygen atoms in total. The summed E-state index contributed by atoms with van der Waals surface area (Å²) in [6.45, 7) is 14.6. The Hall–Kier alpha value is -3.17. The highest BCUT2D eigenvalue weighted by Gasteiger charge is 2.49. The maximum Gasteiger partial charge on any atom is 0.234 e. The number of rotatable bonds is 1. The number of hydrogen-bond donors (Lipinski definition) is 0. The van der Waals surface area contributed by atoms with Crippen molar-refractivity contribution in [3.8, 4) is 12.1 Å². The second-order valence-corrected chi connectivity index (χ2v) is 6.78. The van der Waals surface area contributed by atoms with Crippen LogP contribution < -0.4 is 0 Å². The van der Waals surface area contributed by atoms with Crippen molar-refractivity contribution in [3.05, 3.63) is 69.4 Å². The molecule has 1 aromatic rings. The van der Waals surface area contributed by atoms with Crippen LogP contribution in [0.3, 0.4) is 0 Å². The average Bonchev–Trinajstić information content (AvgIpc) is 2.85. The van der Waals surface area contributed by atoms with Gasteiger partial charge in [-0.1, -0.05) is 26.8 Å². The molecule has 1 heterocycles. The lowest BCUT2D eigenvalue weighted by molar-refractivity contribution is 0.0581. The van der Waals surface area contributed by atoms with Crippen LogP contribution in [0.5, 0.6) is 0 Å². The molecule has 126 valence electrons. The summed E-state index contributed by atoms with van der Waals surface area (Å²) in [6.07, 6.45) is 0. The van der Waals surface area contributed by atoms with Crippen LogP contribution in [0.4, 0.5) is 8.78 Å². The zero-order chi connectivity index (χ0) is 19.0. The van der Waals surface area contributed by atoms with Crippen molar-refractivity contribution in [3.63, 3.8) is 0 Å². The minimum Gasteiger partial charge on any atom is -0.489 e. The second-order valence-electron chi connectivity index (χ2n) is 6.78. The Morgan fingerprint density at radius 3 is 2.24 bits per heavy atom. The van der Waals surface area contributed by atoms with Gasteiger partial charge in [0.2, 0.25) is 5.70 Å². The van der Waals surface area contributed by atoms with E-state index in [1.54, 1.807) is 19.1 Å². The minimum atomic E-state index is -1.30. The Morgan fingerprint density at radius 1 is 1.20 bits per heavy atom. The second kappa shape index (κ2) is 6.04. The summed E-state index contributed by atoms with van der Waals surface area (Å²) in [5.74, 6) is -2.17. The van der Waals surface area contributed by atoms with Crippen LogP contribution in [0.2, 0.25) is 0 Å². The van der Waals surface area contributed by atoms with Gasteiger partial charge in [-0.05, 0) is 30.0 Å². The molecule has 0 saturated carbocycles. The molecule has 0 bridgehead atoms. The molecular weight excluding hydrogens is 324 g/mol. The molecule has 0 spiro atoms. The van der Waals surface area contributed by atoms with Crippen molar-refractivity contribution < 1.29 is 13.5 Å². The van der Waals surface area contributed by atoms with E-state index in [0.717, 1.165) is 12.1 Å². The first-order valence-corrected chi connectivity index (χ1v) is 7.42. The fraction of sp³-hybridized carbons (Fsp3) is 0.316. The van der Waals surface area contributed by atoms with Crippen LogP contribution in [0.1, 0.15) is 33.3 Å². The predicted octanol–water partition coefficient (Wildman–Crippen LogP) is 4.73. The predicted molar refractivity (Wildman–Crippen MR) is 86.1 cm³/mol. The summed E-state index contributed by atoms with van der Waals surface area (Å²) >= 11 is 0. The molecule has 1 aliphatic heterocycles. The fourth-order valence-electron chi connectivity index (χ4n) is 3.11. The van der Waals surface area contributed by atoms with Crippen molar-refractivity contribution in [2.75, 3.05) is 0 Å². The Bertz CT molecular complexity index is 917. The van der Waals surface area contributed by atoms with Crippen molar-refractivity contribution in [2.45, 2.75) is 33.3 Å². The van der Waals surface area contributed by atoms with E-state index in [1.165, 1.54) is 6.07 Å². The van der Waals surface area contributed by atoms with E-state index in [2.05, 4.69) is 4.85 Å². The SMILES string of the molecule is [C-]#[N+]C1=C(C(C)(C)C)C(C)(c2ccc(F)c(F)c2)OC1=C(C#N)C#N. The first-order valence-electron chi connectivity index (χ1n) is 7.42. The fourth-order valence-corrected chi connectivity index (χ4v) is 3.11. The van der Waals surface area contributed by atoms with Gasteiger partial charge in [0, 0.05) is 5.56 Å². The molecule has 0 N–H and O–H groups in total. The van der Waals surface area contributed by atoms with Crippen LogP contribution in [-0.4, -0.2) is 0 Å². The van der Waals surface area contributed by atoms with Crippen LogP contribution in [0, 0.1) is 46.3 Å². The number of hydrogen-bond acceptors (Lipinski definition) is 3. The number of ether oxygens (including phenoxy) is 1. The molecule has 0 radical (unpaired) electrons. The lowest BCUT2D eigenvalue weighted by atomic mass is 9.73. The minimum absolute atomic E-state index is 0.0535. The van der Waals surface area contributed by atoms with Gasteiger partial charge in [-0.3, -0.25) is 0 Å². The molecule has 6 heteroatoms. The number of halogens is 2. The third kappa shape index (κ3) is 2.86. The lowest BCUT2D eigenvalue weighted by Gasteiger charge is -2.35. The van der Waals surface area contributed by atoms with E-state index in [9.17, 15) is 8.78 Å². The zero-order valence-corrected chi connectivity index (χ0v) is 14.2. The Kier molecular flexibility index (Phi) is 4.39. The molecule has 0 aromatic heterocycles. The first-order chi connectivity index (χ1) is 11.6. The monoisotopic (exact) mass is 339 g/mol. The van der Waals surface area contributed by atoms with Gasteiger partial charge in [0.05, 0.1) is 6.57 Å². The Labute approximate surface area is 145 Å². The van der Waals surface area contributed by atoms with Gasteiger partial charge in [0.1, 0.15) is 17.7 Å². The molecule has 2 rings (SSSR count).